The van der Waals surface area contributed by atoms with Gasteiger partial charge in [-0.3, -0.25) is 9.59 Å². The Labute approximate surface area is 115 Å². The van der Waals surface area contributed by atoms with Crippen LogP contribution in [-0.2, 0) is 9.59 Å². The van der Waals surface area contributed by atoms with Crippen molar-refractivity contribution in [1.82, 2.24) is 10.2 Å². The topological polar surface area (TPSA) is 75.4 Å². The zero-order valence-electron chi connectivity index (χ0n) is 12.2. The van der Waals surface area contributed by atoms with Gasteiger partial charge in [0, 0.05) is 19.1 Å². The van der Waals surface area contributed by atoms with E-state index in [1.54, 1.807) is 4.90 Å². The number of carbonyl (C=O) groups excluding carboxylic acids is 2. The van der Waals surface area contributed by atoms with Crippen LogP contribution in [0.25, 0.3) is 0 Å². The molecule has 0 aromatic heterocycles. The molecule has 0 bridgehead atoms. The Kier molecular flexibility index (Phi) is 6.84. The normalized spacial score (nSPS) is 23.5. The Morgan fingerprint density at radius 2 is 1.89 bits per heavy atom. The van der Waals surface area contributed by atoms with Gasteiger partial charge in [0.2, 0.25) is 11.8 Å². The van der Waals surface area contributed by atoms with Crippen molar-refractivity contribution >= 4 is 11.8 Å². The second-order valence-corrected chi connectivity index (χ2v) is 5.21. The molecule has 0 spiro atoms. The van der Waals surface area contributed by atoms with Gasteiger partial charge in [-0.1, -0.05) is 19.3 Å². The Hall–Kier alpha value is -1.10. The van der Waals surface area contributed by atoms with E-state index in [4.69, 9.17) is 5.73 Å². The molecule has 0 heterocycles. The molecule has 1 rings (SSSR count). The monoisotopic (exact) mass is 269 g/mol. The quantitative estimate of drug-likeness (QED) is 0.727. The predicted molar refractivity (Wildman–Crippen MR) is 75.5 cm³/mol. The number of nitrogens with zero attached hydrogens (tertiary/aromatic N) is 1. The summed E-state index contributed by atoms with van der Waals surface area (Å²) < 4.78 is 0. The van der Waals surface area contributed by atoms with Crippen LogP contribution in [0.3, 0.4) is 0 Å². The van der Waals surface area contributed by atoms with E-state index in [-0.39, 0.29) is 30.3 Å². The van der Waals surface area contributed by atoms with Crippen molar-refractivity contribution in [2.24, 2.45) is 11.7 Å². The highest BCUT2D eigenvalue weighted by molar-refractivity contribution is 5.86. The van der Waals surface area contributed by atoms with Crippen LogP contribution in [0.15, 0.2) is 0 Å². The molecule has 1 aliphatic rings. The van der Waals surface area contributed by atoms with Crippen LogP contribution < -0.4 is 11.1 Å². The maximum Gasteiger partial charge on any atom is 0.239 e. The van der Waals surface area contributed by atoms with Crippen LogP contribution in [0.5, 0.6) is 0 Å². The Morgan fingerprint density at radius 3 is 2.53 bits per heavy atom. The first-order valence-electron chi connectivity index (χ1n) is 7.41. The minimum atomic E-state index is -0.114. The molecule has 2 amide bonds. The van der Waals surface area contributed by atoms with Crippen molar-refractivity contribution in [2.45, 2.75) is 52.0 Å². The molecule has 2 unspecified atom stereocenters. The number of rotatable bonds is 5. The highest BCUT2D eigenvalue weighted by atomic mass is 16.2. The third kappa shape index (κ3) is 4.82. The van der Waals surface area contributed by atoms with Crippen LogP contribution in [0.1, 0.15) is 46.0 Å². The maximum absolute atomic E-state index is 12.5. The summed E-state index contributed by atoms with van der Waals surface area (Å²) >= 11 is 0. The predicted octanol–water partition coefficient (Wildman–Crippen LogP) is 0.879. The number of nitrogens with two attached hydrogens (primary N) is 1. The lowest BCUT2D eigenvalue weighted by Crippen LogP contribution is -2.47. The lowest BCUT2D eigenvalue weighted by molar-refractivity contribution is -0.140. The SMILES string of the molecule is CCNC(=O)CN(CC)C(=O)C1CCCCCC1N. The highest BCUT2D eigenvalue weighted by Crippen LogP contribution is 2.24. The van der Waals surface area contributed by atoms with Crippen LogP contribution in [0.4, 0.5) is 0 Å². The van der Waals surface area contributed by atoms with Gasteiger partial charge in [0.25, 0.3) is 0 Å². The van der Waals surface area contributed by atoms with E-state index in [2.05, 4.69) is 5.32 Å². The molecule has 3 N–H and O–H groups in total. The third-order valence-electron chi connectivity index (χ3n) is 3.79. The van der Waals surface area contributed by atoms with Crippen molar-refractivity contribution < 1.29 is 9.59 Å². The minimum absolute atomic E-state index is 0.0446. The molecule has 5 heteroatoms. The van der Waals surface area contributed by atoms with Gasteiger partial charge in [-0.05, 0) is 26.7 Å². The number of amides is 2. The largest absolute Gasteiger partial charge is 0.355 e. The lowest BCUT2D eigenvalue weighted by atomic mass is 9.94. The summed E-state index contributed by atoms with van der Waals surface area (Å²) in [6.45, 7) is 5.07. The standard InChI is InChI=1S/C14H27N3O2/c1-3-16-13(18)10-17(4-2)14(19)11-8-6-5-7-9-12(11)15/h11-12H,3-10,15H2,1-2H3,(H,16,18). The Balaban J connectivity index is 2.62. The van der Waals surface area contributed by atoms with Gasteiger partial charge < -0.3 is 16.0 Å². The van der Waals surface area contributed by atoms with E-state index >= 15 is 0 Å². The second-order valence-electron chi connectivity index (χ2n) is 5.21. The van der Waals surface area contributed by atoms with Gasteiger partial charge in [-0.15, -0.1) is 0 Å². The van der Waals surface area contributed by atoms with Crippen LogP contribution in [-0.4, -0.2) is 42.4 Å². The molecule has 1 saturated carbocycles. The first kappa shape index (κ1) is 16.0. The van der Waals surface area contributed by atoms with Gasteiger partial charge in [0.15, 0.2) is 0 Å². The summed E-state index contributed by atoms with van der Waals surface area (Å²) in [5.74, 6) is -0.167. The van der Waals surface area contributed by atoms with Crippen molar-refractivity contribution in [1.29, 1.82) is 0 Å². The van der Waals surface area contributed by atoms with Crippen LogP contribution >= 0.6 is 0 Å². The fourth-order valence-electron chi connectivity index (χ4n) is 2.65. The smallest absolute Gasteiger partial charge is 0.239 e. The fraction of sp³-hybridized carbons (Fsp3) is 0.857. The van der Waals surface area contributed by atoms with Gasteiger partial charge >= 0.3 is 0 Å². The molecule has 19 heavy (non-hydrogen) atoms. The highest BCUT2D eigenvalue weighted by Gasteiger charge is 2.30. The molecule has 0 radical (unpaired) electrons. The summed E-state index contributed by atoms with van der Waals surface area (Å²) in [6.07, 6.45) is 5.08. The zero-order chi connectivity index (χ0) is 14.3. The van der Waals surface area contributed by atoms with Crippen molar-refractivity contribution in [3.05, 3.63) is 0 Å². The number of hydrogen-bond acceptors (Lipinski definition) is 3. The number of nitrogens with one attached hydrogen (secondary N) is 1. The van der Waals surface area contributed by atoms with Gasteiger partial charge in [0.05, 0.1) is 12.5 Å². The van der Waals surface area contributed by atoms with Crippen LogP contribution in [0.2, 0.25) is 0 Å². The van der Waals surface area contributed by atoms with E-state index in [1.165, 1.54) is 0 Å². The molecule has 5 nitrogen and oxygen atoms in total. The first-order valence-corrected chi connectivity index (χ1v) is 7.41. The minimum Gasteiger partial charge on any atom is -0.355 e. The van der Waals surface area contributed by atoms with Gasteiger partial charge in [-0.2, -0.15) is 0 Å². The van der Waals surface area contributed by atoms with Gasteiger partial charge in [-0.25, -0.2) is 0 Å². The second kappa shape index (κ2) is 8.15. The summed E-state index contributed by atoms with van der Waals surface area (Å²) in [5, 5.41) is 2.73. The molecule has 1 aliphatic carbocycles. The zero-order valence-corrected chi connectivity index (χ0v) is 12.2. The molecule has 110 valence electrons. The Morgan fingerprint density at radius 1 is 1.21 bits per heavy atom. The average molecular weight is 269 g/mol. The van der Waals surface area contributed by atoms with E-state index < -0.39 is 0 Å². The van der Waals surface area contributed by atoms with Gasteiger partial charge in [0.1, 0.15) is 0 Å². The van der Waals surface area contributed by atoms with E-state index in [1.807, 2.05) is 13.8 Å². The van der Waals surface area contributed by atoms with Crippen LogP contribution in [0, 0.1) is 5.92 Å². The molecule has 0 aromatic carbocycles. The summed E-state index contributed by atoms with van der Waals surface area (Å²) in [7, 11) is 0. The third-order valence-corrected chi connectivity index (χ3v) is 3.79. The van der Waals surface area contributed by atoms with Crippen molar-refractivity contribution in [2.75, 3.05) is 19.6 Å². The average Bonchev–Trinajstić information content (AvgIpc) is 2.60. The molecular weight excluding hydrogens is 242 g/mol. The number of likely N-dealkylation sites (N-methyl/N-ethyl adjacent to an activating group) is 2. The first-order chi connectivity index (χ1) is 9.10. The summed E-state index contributed by atoms with van der Waals surface area (Å²) in [4.78, 5) is 25.7. The molecule has 0 aromatic rings. The Bertz CT molecular complexity index is 307. The number of hydrogen-bond donors (Lipinski definition) is 2. The molecule has 1 fully saturated rings. The van der Waals surface area contributed by atoms with E-state index in [0.29, 0.717) is 13.1 Å². The molecule has 0 aliphatic heterocycles. The van der Waals surface area contributed by atoms with E-state index in [9.17, 15) is 9.59 Å². The molecule has 2 atom stereocenters. The number of carbonyl (C=O) groups is 2. The summed E-state index contributed by atoms with van der Waals surface area (Å²) in [6, 6.07) is -0.0571. The fourth-order valence-corrected chi connectivity index (χ4v) is 2.65. The lowest BCUT2D eigenvalue weighted by Gasteiger charge is -2.28. The summed E-state index contributed by atoms with van der Waals surface area (Å²) in [5.41, 5.74) is 6.11. The van der Waals surface area contributed by atoms with Crippen molar-refractivity contribution in [3.8, 4) is 0 Å². The van der Waals surface area contributed by atoms with Crippen molar-refractivity contribution in [3.63, 3.8) is 0 Å². The molecular formula is C14H27N3O2. The maximum atomic E-state index is 12.5. The molecule has 0 saturated heterocycles. The van der Waals surface area contributed by atoms with E-state index in [0.717, 1.165) is 32.1 Å².